The number of imide groups is 1. The summed E-state index contributed by atoms with van der Waals surface area (Å²) in [5.74, 6) is -0.305. The number of aliphatic hydroxyl groups excluding tert-OH is 1. The van der Waals surface area contributed by atoms with E-state index in [4.69, 9.17) is 0 Å². The molecule has 0 radical (unpaired) electrons. The Kier molecular flexibility index (Phi) is 3.42. The molecule has 1 heterocycles. The lowest BCUT2D eigenvalue weighted by molar-refractivity contribution is -0.140. The molecule has 1 aliphatic rings. The molecule has 0 bridgehead atoms. The zero-order chi connectivity index (χ0) is 9.84. The summed E-state index contributed by atoms with van der Waals surface area (Å²) in [6.45, 7) is 2.13. The Bertz CT molecular complexity index is 199. The molecule has 0 aromatic heterocycles. The number of aliphatic hydroxyl groups is 1. The Morgan fingerprint density at radius 2 is 1.92 bits per heavy atom. The summed E-state index contributed by atoms with van der Waals surface area (Å²) in [4.78, 5) is 23.4. The van der Waals surface area contributed by atoms with Gasteiger partial charge in [-0.25, -0.2) is 0 Å². The topological polar surface area (TPSA) is 57.6 Å². The Morgan fingerprint density at radius 3 is 2.38 bits per heavy atom. The molecule has 74 valence electrons. The zero-order valence-electron chi connectivity index (χ0n) is 7.82. The number of hydrogen-bond donors (Lipinski definition) is 1. The van der Waals surface area contributed by atoms with Gasteiger partial charge in [0, 0.05) is 12.8 Å². The lowest BCUT2D eigenvalue weighted by Gasteiger charge is -2.17. The molecule has 0 aliphatic carbocycles. The third-order valence-electron chi connectivity index (χ3n) is 2.17. The largest absolute Gasteiger partial charge is 0.391 e. The van der Waals surface area contributed by atoms with E-state index < -0.39 is 6.10 Å². The molecule has 0 spiro atoms. The van der Waals surface area contributed by atoms with E-state index in [2.05, 4.69) is 0 Å². The summed E-state index contributed by atoms with van der Waals surface area (Å²) in [6.07, 6.45) is 1.54. The minimum atomic E-state index is -0.559. The molecule has 1 N–H and O–H groups in total. The van der Waals surface area contributed by atoms with Crippen LogP contribution in [0.2, 0.25) is 0 Å². The SMILES string of the molecule is CCCC(O)CN1C(=O)CCC1=O. The molecule has 0 aromatic carbocycles. The maximum absolute atomic E-state index is 11.1. The van der Waals surface area contributed by atoms with Gasteiger partial charge in [0.2, 0.25) is 11.8 Å². The predicted molar refractivity (Wildman–Crippen MR) is 46.9 cm³/mol. The van der Waals surface area contributed by atoms with Crippen LogP contribution in [-0.4, -0.2) is 34.5 Å². The average Bonchev–Trinajstić information content (AvgIpc) is 2.36. The van der Waals surface area contributed by atoms with E-state index in [0.717, 1.165) is 6.42 Å². The highest BCUT2D eigenvalue weighted by atomic mass is 16.3. The second-order valence-electron chi connectivity index (χ2n) is 3.34. The second-order valence-corrected chi connectivity index (χ2v) is 3.34. The monoisotopic (exact) mass is 185 g/mol. The minimum Gasteiger partial charge on any atom is -0.391 e. The molecular formula is C9H15NO3. The molecule has 4 nitrogen and oxygen atoms in total. The summed E-state index contributed by atoms with van der Waals surface area (Å²) < 4.78 is 0. The molecule has 1 saturated heterocycles. The summed E-state index contributed by atoms with van der Waals surface area (Å²) in [7, 11) is 0. The number of carbonyl (C=O) groups excluding carboxylic acids is 2. The second kappa shape index (κ2) is 4.37. The van der Waals surface area contributed by atoms with Gasteiger partial charge < -0.3 is 5.11 Å². The number of likely N-dealkylation sites (tertiary alicyclic amines) is 1. The van der Waals surface area contributed by atoms with Crippen molar-refractivity contribution in [2.24, 2.45) is 0 Å². The summed E-state index contributed by atoms with van der Waals surface area (Å²) in [5, 5.41) is 9.40. The maximum Gasteiger partial charge on any atom is 0.229 e. The van der Waals surface area contributed by atoms with Crippen molar-refractivity contribution >= 4 is 11.8 Å². The van der Waals surface area contributed by atoms with Crippen LogP contribution >= 0.6 is 0 Å². The number of nitrogens with zero attached hydrogens (tertiary/aromatic N) is 1. The van der Waals surface area contributed by atoms with Gasteiger partial charge in [0.15, 0.2) is 0 Å². The van der Waals surface area contributed by atoms with Crippen LogP contribution in [0.25, 0.3) is 0 Å². The van der Waals surface area contributed by atoms with E-state index in [0.29, 0.717) is 19.3 Å². The zero-order valence-corrected chi connectivity index (χ0v) is 7.82. The van der Waals surface area contributed by atoms with Crippen molar-refractivity contribution < 1.29 is 14.7 Å². The number of β-amino-alcohol motifs (C(OH)–C–C–N with tert-alkyl or cyclic N) is 1. The first-order valence-electron chi connectivity index (χ1n) is 4.66. The van der Waals surface area contributed by atoms with Gasteiger partial charge in [0.05, 0.1) is 12.6 Å². The van der Waals surface area contributed by atoms with E-state index in [9.17, 15) is 14.7 Å². The third kappa shape index (κ3) is 2.52. The fraction of sp³-hybridized carbons (Fsp3) is 0.778. The average molecular weight is 185 g/mol. The number of hydrogen-bond acceptors (Lipinski definition) is 3. The van der Waals surface area contributed by atoms with Crippen LogP contribution in [0.5, 0.6) is 0 Å². The Morgan fingerprint density at radius 1 is 1.38 bits per heavy atom. The van der Waals surface area contributed by atoms with Crippen molar-refractivity contribution in [1.29, 1.82) is 0 Å². The van der Waals surface area contributed by atoms with Gasteiger partial charge >= 0.3 is 0 Å². The molecule has 1 unspecified atom stereocenters. The molecule has 4 heteroatoms. The normalized spacial score (nSPS) is 19.7. The van der Waals surface area contributed by atoms with Crippen molar-refractivity contribution in [3.63, 3.8) is 0 Å². The van der Waals surface area contributed by atoms with Gasteiger partial charge in [-0.2, -0.15) is 0 Å². The predicted octanol–water partition coefficient (Wildman–Crippen LogP) is 0.296. The van der Waals surface area contributed by atoms with E-state index >= 15 is 0 Å². The first-order chi connectivity index (χ1) is 6.15. The fourth-order valence-electron chi connectivity index (χ4n) is 1.46. The molecule has 1 atom stereocenters. The highest BCUT2D eigenvalue weighted by molar-refractivity contribution is 6.01. The van der Waals surface area contributed by atoms with Gasteiger partial charge in [-0.1, -0.05) is 13.3 Å². The van der Waals surface area contributed by atoms with Gasteiger partial charge in [-0.05, 0) is 6.42 Å². The lowest BCUT2D eigenvalue weighted by atomic mass is 10.2. The minimum absolute atomic E-state index is 0.153. The van der Waals surface area contributed by atoms with Crippen LogP contribution in [0.4, 0.5) is 0 Å². The van der Waals surface area contributed by atoms with Crippen LogP contribution in [-0.2, 0) is 9.59 Å². The standard InChI is InChI=1S/C9H15NO3/c1-2-3-7(11)6-10-8(12)4-5-9(10)13/h7,11H,2-6H2,1H3. The molecule has 0 aromatic rings. The summed E-state index contributed by atoms with van der Waals surface area (Å²) >= 11 is 0. The fourth-order valence-corrected chi connectivity index (χ4v) is 1.46. The van der Waals surface area contributed by atoms with Crippen molar-refractivity contribution in [2.45, 2.75) is 38.7 Å². The first kappa shape index (κ1) is 10.2. The van der Waals surface area contributed by atoms with Crippen molar-refractivity contribution in [3.05, 3.63) is 0 Å². The first-order valence-corrected chi connectivity index (χ1v) is 4.66. The van der Waals surface area contributed by atoms with Crippen molar-refractivity contribution in [1.82, 2.24) is 4.90 Å². The lowest BCUT2D eigenvalue weighted by Crippen LogP contribution is -2.36. The molecular weight excluding hydrogens is 170 g/mol. The Labute approximate surface area is 77.5 Å². The molecule has 1 rings (SSSR count). The molecule has 1 aliphatic heterocycles. The summed E-state index contributed by atoms with van der Waals surface area (Å²) in [6, 6.07) is 0. The van der Waals surface area contributed by atoms with Crippen molar-refractivity contribution in [2.75, 3.05) is 6.54 Å². The van der Waals surface area contributed by atoms with E-state index in [1.54, 1.807) is 0 Å². The highest BCUT2D eigenvalue weighted by Gasteiger charge is 2.29. The van der Waals surface area contributed by atoms with E-state index in [-0.39, 0.29) is 18.4 Å². The Balaban J connectivity index is 2.43. The van der Waals surface area contributed by atoms with Gasteiger partial charge in [0.1, 0.15) is 0 Å². The number of rotatable bonds is 4. The van der Waals surface area contributed by atoms with Crippen LogP contribution in [0, 0.1) is 0 Å². The third-order valence-corrected chi connectivity index (χ3v) is 2.17. The van der Waals surface area contributed by atoms with Crippen LogP contribution < -0.4 is 0 Å². The quantitative estimate of drug-likeness (QED) is 0.641. The Hall–Kier alpha value is -0.900. The van der Waals surface area contributed by atoms with Crippen LogP contribution in [0.15, 0.2) is 0 Å². The molecule has 13 heavy (non-hydrogen) atoms. The maximum atomic E-state index is 11.1. The molecule has 0 saturated carbocycles. The van der Waals surface area contributed by atoms with Gasteiger partial charge in [0.25, 0.3) is 0 Å². The van der Waals surface area contributed by atoms with Crippen LogP contribution in [0.1, 0.15) is 32.6 Å². The molecule has 1 fully saturated rings. The van der Waals surface area contributed by atoms with Gasteiger partial charge in [-0.3, -0.25) is 14.5 Å². The number of carbonyl (C=O) groups is 2. The summed E-state index contributed by atoms with van der Waals surface area (Å²) in [5.41, 5.74) is 0. The van der Waals surface area contributed by atoms with Crippen LogP contribution in [0.3, 0.4) is 0 Å². The smallest absolute Gasteiger partial charge is 0.229 e. The van der Waals surface area contributed by atoms with E-state index in [1.165, 1.54) is 4.90 Å². The molecule has 2 amide bonds. The van der Waals surface area contributed by atoms with Gasteiger partial charge in [-0.15, -0.1) is 0 Å². The number of amides is 2. The van der Waals surface area contributed by atoms with Crippen molar-refractivity contribution in [3.8, 4) is 0 Å². The highest BCUT2D eigenvalue weighted by Crippen LogP contribution is 2.12. The van der Waals surface area contributed by atoms with E-state index in [1.807, 2.05) is 6.92 Å².